The number of carbonyl (C=O) groups is 1. The number of rotatable bonds is 2. The standard InChI is InChI=1S/C15H24N4O2/c1-15(2,3)21-14(20)19-10-8-18(9-11-19)13-6-4-12(17-16)5-7-13/h4-7,17H,8-11,16H2,1-3H3. The second kappa shape index (κ2) is 6.22. The van der Waals surface area contributed by atoms with Crippen LogP contribution in [0.15, 0.2) is 24.3 Å². The highest BCUT2D eigenvalue weighted by Gasteiger charge is 2.25. The van der Waals surface area contributed by atoms with Crippen molar-refractivity contribution < 1.29 is 9.53 Å². The summed E-state index contributed by atoms with van der Waals surface area (Å²) >= 11 is 0. The minimum absolute atomic E-state index is 0.232. The van der Waals surface area contributed by atoms with Gasteiger partial charge in [0.2, 0.25) is 0 Å². The number of amides is 1. The molecular formula is C15H24N4O2. The molecule has 0 saturated carbocycles. The Balaban J connectivity index is 1.89. The van der Waals surface area contributed by atoms with Gasteiger partial charge in [-0.2, -0.15) is 0 Å². The van der Waals surface area contributed by atoms with Crippen molar-refractivity contribution >= 4 is 17.5 Å². The van der Waals surface area contributed by atoms with Gasteiger partial charge in [-0.25, -0.2) is 4.79 Å². The molecule has 0 bridgehead atoms. The average molecular weight is 292 g/mol. The Morgan fingerprint density at radius 1 is 1.14 bits per heavy atom. The van der Waals surface area contributed by atoms with Crippen LogP contribution < -0.4 is 16.2 Å². The lowest BCUT2D eigenvalue weighted by Crippen LogP contribution is -2.50. The van der Waals surface area contributed by atoms with Crippen LogP contribution in [0, 0.1) is 0 Å². The minimum atomic E-state index is -0.445. The maximum atomic E-state index is 12.0. The van der Waals surface area contributed by atoms with Crippen LogP contribution >= 0.6 is 0 Å². The molecule has 21 heavy (non-hydrogen) atoms. The molecule has 0 spiro atoms. The van der Waals surface area contributed by atoms with Crippen LogP contribution in [-0.2, 0) is 4.74 Å². The molecule has 1 heterocycles. The number of piperazine rings is 1. The third-order valence-electron chi connectivity index (χ3n) is 3.33. The average Bonchev–Trinajstić information content (AvgIpc) is 2.46. The third kappa shape index (κ3) is 4.26. The summed E-state index contributed by atoms with van der Waals surface area (Å²) in [6.07, 6.45) is -0.232. The third-order valence-corrected chi connectivity index (χ3v) is 3.33. The van der Waals surface area contributed by atoms with Crippen molar-refractivity contribution in [3.05, 3.63) is 24.3 Å². The second-order valence-electron chi connectivity index (χ2n) is 6.15. The normalized spacial score (nSPS) is 15.8. The molecule has 116 valence electrons. The van der Waals surface area contributed by atoms with Crippen molar-refractivity contribution in [2.75, 3.05) is 36.5 Å². The highest BCUT2D eigenvalue weighted by molar-refractivity contribution is 5.68. The summed E-state index contributed by atoms with van der Waals surface area (Å²) in [5, 5.41) is 0. The summed E-state index contributed by atoms with van der Waals surface area (Å²) < 4.78 is 5.39. The zero-order valence-electron chi connectivity index (χ0n) is 12.9. The molecule has 1 fully saturated rings. The van der Waals surface area contributed by atoms with E-state index < -0.39 is 5.60 Å². The van der Waals surface area contributed by atoms with Crippen LogP contribution in [0.25, 0.3) is 0 Å². The van der Waals surface area contributed by atoms with Gasteiger partial charge in [0.25, 0.3) is 0 Å². The lowest BCUT2D eigenvalue weighted by Gasteiger charge is -2.36. The van der Waals surface area contributed by atoms with Crippen LogP contribution in [0.3, 0.4) is 0 Å². The molecule has 6 nitrogen and oxygen atoms in total. The number of hydrogen-bond acceptors (Lipinski definition) is 5. The number of hydrogen-bond donors (Lipinski definition) is 2. The monoisotopic (exact) mass is 292 g/mol. The van der Waals surface area contributed by atoms with Crippen LogP contribution in [-0.4, -0.2) is 42.8 Å². The number of anilines is 2. The summed E-state index contributed by atoms with van der Waals surface area (Å²) in [4.78, 5) is 16.0. The zero-order chi connectivity index (χ0) is 15.5. The molecule has 0 radical (unpaired) electrons. The molecule has 2 rings (SSSR count). The Labute approximate surface area is 125 Å². The number of ether oxygens (including phenoxy) is 1. The molecule has 0 atom stereocenters. The Bertz CT molecular complexity index is 473. The summed E-state index contributed by atoms with van der Waals surface area (Å²) in [7, 11) is 0. The van der Waals surface area contributed by atoms with E-state index in [1.165, 1.54) is 0 Å². The molecule has 1 aliphatic rings. The first-order chi connectivity index (χ1) is 9.89. The number of nitrogens with zero attached hydrogens (tertiary/aromatic N) is 2. The van der Waals surface area contributed by atoms with Crippen LogP contribution in [0.5, 0.6) is 0 Å². The van der Waals surface area contributed by atoms with Gasteiger partial charge in [0.15, 0.2) is 0 Å². The van der Waals surface area contributed by atoms with Gasteiger partial charge in [0.05, 0.1) is 0 Å². The summed E-state index contributed by atoms with van der Waals surface area (Å²) in [5.74, 6) is 5.36. The van der Waals surface area contributed by atoms with Gasteiger partial charge in [0, 0.05) is 37.6 Å². The summed E-state index contributed by atoms with van der Waals surface area (Å²) in [6, 6.07) is 7.93. The smallest absolute Gasteiger partial charge is 0.410 e. The molecule has 0 aromatic heterocycles. The first kappa shape index (κ1) is 15.4. The largest absolute Gasteiger partial charge is 0.444 e. The summed E-state index contributed by atoms with van der Waals surface area (Å²) in [5.41, 5.74) is 4.19. The lowest BCUT2D eigenvalue weighted by atomic mass is 10.2. The first-order valence-electron chi connectivity index (χ1n) is 7.18. The summed E-state index contributed by atoms with van der Waals surface area (Å²) in [6.45, 7) is 8.59. The maximum absolute atomic E-state index is 12.0. The predicted molar refractivity (Wildman–Crippen MR) is 84.3 cm³/mol. The molecule has 1 amide bonds. The lowest BCUT2D eigenvalue weighted by molar-refractivity contribution is 0.0240. The number of benzene rings is 1. The van der Waals surface area contributed by atoms with Crippen molar-refractivity contribution in [1.82, 2.24) is 4.90 Å². The van der Waals surface area contributed by atoms with E-state index in [4.69, 9.17) is 10.6 Å². The Morgan fingerprint density at radius 3 is 2.19 bits per heavy atom. The van der Waals surface area contributed by atoms with E-state index >= 15 is 0 Å². The number of hydrazine groups is 1. The van der Waals surface area contributed by atoms with E-state index in [9.17, 15) is 4.79 Å². The number of nitrogens with two attached hydrogens (primary N) is 1. The predicted octanol–water partition coefficient (Wildman–Crippen LogP) is 2.03. The van der Waals surface area contributed by atoms with E-state index in [2.05, 4.69) is 10.3 Å². The fraction of sp³-hybridized carbons (Fsp3) is 0.533. The first-order valence-corrected chi connectivity index (χ1v) is 7.18. The van der Waals surface area contributed by atoms with Gasteiger partial charge in [-0.05, 0) is 45.0 Å². The zero-order valence-corrected chi connectivity index (χ0v) is 12.9. The van der Waals surface area contributed by atoms with Crippen molar-refractivity contribution in [2.45, 2.75) is 26.4 Å². The fourth-order valence-corrected chi connectivity index (χ4v) is 2.24. The topological polar surface area (TPSA) is 70.8 Å². The number of nitrogen functional groups attached to an aromatic ring is 1. The SMILES string of the molecule is CC(C)(C)OC(=O)N1CCN(c2ccc(NN)cc2)CC1. The van der Waals surface area contributed by atoms with Crippen LogP contribution in [0.4, 0.5) is 16.2 Å². The maximum Gasteiger partial charge on any atom is 0.410 e. The van der Waals surface area contributed by atoms with E-state index in [-0.39, 0.29) is 6.09 Å². The Hall–Kier alpha value is -1.95. The van der Waals surface area contributed by atoms with Crippen molar-refractivity contribution in [3.63, 3.8) is 0 Å². The number of nitrogens with one attached hydrogen (secondary N) is 1. The van der Waals surface area contributed by atoms with Crippen LogP contribution in [0.2, 0.25) is 0 Å². The van der Waals surface area contributed by atoms with Crippen LogP contribution in [0.1, 0.15) is 20.8 Å². The molecule has 1 saturated heterocycles. The highest BCUT2D eigenvalue weighted by Crippen LogP contribution is 2.20. The Morgan fingerprint density at radius 2 is 1.71 bits per heavy atom. The minimum Gasteiger partial charge on any atom is -0.444 e. The molecule has 0 unspecified atom stereocenters. The molecule has 1 aromatic carbocycles. The molecule has 6 heteroatoms. The van der Waals surface area contributed by atoms with Gasteiger partial charge in [-0.1, -0.05) is 0 Å². The van der Waals surface area contributed by atoms with Gasteiger partial charge in [-0.3, -0.25) is 5.84 Å². The van der Waals surface area contributed by atoms with Gasteiger partial charge in [0.1, 0.15) is 5.60 Å². The molecule has 1 aliphatic heterocycles. The van der Waals surface area contributed by atoms with Crippen molar-refractivity contribution in [2.24, 2.45) is 5.84 Å². The van der Waals surface area contributed by atoms with Gasteiger partial charge < -0.3 is 20.0 Å². The molecule has 1 aromatic rings. The highest BCUT2D eigenvalue weighted by atomic mass is 16.6. The van der Waals surface area contributed by atoms with Gasteiger partial charge >= 0.3 is 6.09 Å². The molecule has 0 aliphatic carbocycles. The van der Waals surface area contributed by atoms with E-state index in [0.717, 1.165) is 24.5 Å². The molecular weight excluding hydrogens is 268 g/mol. The second-order valence-corrected chi connectivity index (χ2v) is 6.15. The Kier molecular flexibility index (Phi) is 4.57. The molecule has 3 N–H and O–H groups in total. The van der Waals surface area contributed by atoms with E-state index in [1.54, 1.807) is 4.90 Å². The van der Waals surface area contributed by atoms with Crippen molar-refractivity contribution in [1.29, 1.82) is 0 Å². The fourth-order valence-electron chi connectivity index (χ4n) is 2.24. The quantitative estimate of drug-likeness (QED) is 0.644. The number of carbonyl (C=O) groups excluding carboxylic acids is 1. The van der Waals surface area contributed by atoms with Crippen molar-refractivity contribution in [3.8, 4) is 0 Å². The van der Waals surface area contributed by atoms with E-state index in [1.807, 2.05) is 45.0 Å². The van der Waals surface area contributed by atoms with E-state index in [0.29, 0.717) is 13.1 Å². The van der Waals surface area contributed by atoms with Gasteiger partial charge in [-0.15, -0.1) is 0 Å².